The van der Waals surface area contributed by atoms with Crippen LogP contribution in [0.2, 0.25) is 0 Å². The number of hydrogen-bond donors (Lipinski definition) is 1. The molecular formula is C15H11N3O3. The van der Waals surface area contributed by atoms with E-state index < -0.39 is 5.97 Å². The molecule has 21 heavy (non-hydrogen) atoms. The van der Waals surface area contributed by atoms with Gasteiger partial charge in [0.05, 0.1) is 5.56 Å². The zero-order valence-electron chi connectivity index (χ0n) is 11.1. The molecule has 1 aromatic carbocycles. The largest absolute Gasteiger partial charge is 0.478 e. The molecule has 2 aromatic heterocycles. The maximum atomic E-state index is 10.8. The first kappa shape index (κ1) is 13.0. The Labute approximate surface area is 120 Å². The average Bonchev–Trinajstić information content (AvgIpc) is 2.97. The Morgan fingerprint density at radius 1 is 1.10 bits per heavy atom. The number of aromatic nitrogens is 3. The summed E-state index contributed by atoms with van der Waals surface area (Å²) >= 11 is 0. The second-order valence-corrected chi connectivity index (χ2v) is 4.51. The molecule has 2 heterocycles. The summed E-state index contributed by atoms with van der Waals surface area (Å²) in [7, 11) is 0. The van der Waals surface area contributed by atoms with Gasteiger partial charge in [-0.25, -0.2) is 4.79 Å². The molecule has 6 nitrogen and oxygen atoms in total. The number of aryl methyl sites for hydroxylation is 1. The number of benzene rings is 1. The van der Waals surface area contributed by atoms with Crippen molar-refractivity contribution in [3.05, 3.63) is 53.7 Å². The molecule has 0 aliphatic rings. The summed E-state index contributed by atoms with van der Waals surface area (Å²) in [5.74, 6) is -0.321. The van der Waals surface area contributed by atoms with Gasteiger partial charge in [-0.2, -0.15) is 0 Å². The van der Waals surface area contributed by atoms with Crippen LogP contribution < -0.4 is 0 Å². The summed E-state index contributed by atoms with van der Waals surface area (Å²) in [4.78, 5) is 15.0. The van der Waals surface area contributed by atoms with E-state index in [4.69, 9.17) is 9.52 Å². The number of hydrogen-bond acceptors (Lipinski definition) is 5. The van der Waals surface area contributed by atoms with Crippen LogP contribution in [0.1, 0.15) is 15.9 Å². The molecule has 3 rings (SSSR count). The summed E-state index contributed by atoms with van der Waals surface area (Å²) in [6.45, 7) is 1.95. The molecule has 0 unspecified atom stereocenters. The smallest absolute Gasteiger partial charge is 0.335 e. The Balaban J connectivity index is 1.93. The van der Waals surface area contributed by atoms with Crippen LogP contribution in [0.3, 0.4) is 0 Å². The van der Waals surface area contributed by atoms with Crippen molar-refractivity contribution in [3.63, 3.8) is 0 Å². The number of pyridine rings is 1. The Kier molecular flexibility index (Phi) is 3.19. The van der Waals surface area contributed by atoms with E-state index in [1.165, 1.54) is 12.1 Å². The molecule has 3 aromatic rings. The third-order valence-electron chi connectivity index (χ3n) is 2.94. The van der Waals surface area contributed by atoms with Gasteiger partial charge in [0.1, 0.15) is 5.69 Å². The van der Waals surface area contributed by atoms with Crippen molar-refractivity contribution in [1.82, 2.24) is 15.2 Å². The first-order valence-electron chi connectivity index (χ1n) is 6.24. The molecule has 6 heteroatoms. The van der Waals surface area contributed by atoms with Crippen LogP contribution in [-0.2, 0) is 0 Å². The van der Waals surface area contributed by atoms with Gasteiger partial charge in [0.25, 0.3) is 5.89 Å². The van der Waals surface area contributed by atoms with Crippen LogP contribution in [0.5, 0.6) is 0 Å². The third kappa shape index (κ3) is 2.64. The molecule has 0 saturated carbocycles. The first-order chi connectivity index (χ1) is 10.1. The number of nitrogens with zero attached hydrogens (tertiary/aromatic N) is 3. The molecular weight excluding hydrogens is 270 g/mol. The van der Waals surface area contributed by atoms with Crippen molar-refractivity contribution < 1.29 is 14.3 Å². The van der Waals surface area contributed by atoms with Gasteiger partial charge in [-0.15, -0.1) is 10.2 Å². The predicted molar refractivity (Wildman–Crippen MR) is 74.7 cm³/mol. The number of carboxylic acid groups (broad SMARTS) is 1. The fourth-order valence-corrected chi connectivity index (χ4v) is 1.85. The Hall–Kier alpha value is -3.02. The molecule has 104 valence electrons. The quantitative estimate of drug-likeness (QED) is 0.794. The average molecular weight is 281 g/mol. The highest BCUT2D eigenvalue weighted by atomic mass is 16.4. The molecule has 0 fully saturated rings. The second kappa shape index (κ2) is 5.16. The van der Waals surface area contributed by atoms with Crippen LogP contribution in [0, 0.1) is 6.92 Å². The van der Waals surface area contributed by atoms with Crippen LogP contribution in [-0.4, -0.2) is 26.3 Å². The van der Waals surface area contributed by atoms with E-state index in [2.05, 4.69) is 15.2 Å². The van der Waals surface area contributed by atoms with E-state index in [0.29, 0.717) is 23.0 Å². The maximum absolute atomic E-state index is 10.8. The van der Waals surface area contributed by atoms with Gasteiger partial charge in [-0.1, -0.05) is 0 Å². The number of aromatic carboxylic acids is 1. The lowest BCUT2D eigenvalue weighted by atomic mass is 10.1. The van der Waals surface area contributed by atoms with Crippen molar-refractivity contribution in [2.45, 2.75) is 6.92 Å². The van der Waals surface area contributed by atoms with Crippen molar-refractivity contribution in [2.24, 2.45) is 0 Å². The van der Waals surface area contributed by atoms with E-state index in [1.807, 2.05) is 19.1 Å². The zero-order valence-corrected chi connectivity index (χ0v) is 11.1. The maximum Gasteiger partial charge on any atom is 0.335 e. The van der Waals surface area contributed by atoms with Crippen LogP contribution in [0.15, 0.2) is 47.0 Å². The Bertz CT molecular complexity index is 794. The van der Waals surface area contributed by atoms with Crippen LogP contribution in [0.25, 0.3) is 23.0 Å². The minimum absolute atomic E-state index is 0.207. The lowest BCUT2D eigenvalue weighted by molar-refractivity contribution is 0.0697. The highest BCUT2D eigenvalue weighted by molar-refractivity contribution is 5.88. The highest BCUT2D eigenvalue weighted by Gasteiger charge is 2.12. The highest BCUT2D eigenvalue weighted by Crippen LogP contribution is 2.23. The zero-order chi connectivity index (χ0) is 14.8. The SMILES string of the molecule is Cc1ccnc(-c2nnc(-c3ccc(C(=O)O)cc3)o2)c1. The first-order valence-corrected chi connectivity index (χ1v) is 6.24. The van der Waals surface area contributed by atoms with E-state index in [0.717, 1.165) is 5.56 Å². The normalized spacial score (nSPS) is 10.5. The monoisotopic (exact) mass is 281 g/mol. The second-order valence-electron chi connectivity index (χ2n) is 4.51. The summed E-state index contributed by atoms with van der Waals surface area (Å²) < 4.78 is 5.58. The topological polar surface area (TPSA) is 89.1 Å². The molecule has 0 amide bonds. The molecule has 0 bridgehead atoms. The Morgan fingerprint density at radius 3 is 2.48 bits per heavy atom. The van der Waals surface area contributed by atoms with Gasteiger partial charge >= 0.3 is 5.97 Å². The summed E-state index contributed by atoms with van der Waals surface area (Å²) in [6.07, 6.45) is 1.68. The molecule has 0 saturated heterocycles. The van der Waals surface area contributed by atoms with Gasteiger partial charge in [-0.3, -0.25) is 4.98 Å². The van der Waals surface area contributed by atoms with Crippen LogP contribution >= 0.6 is 0 Å². The minimum Gasteiger partial charge on any atom is -0.478 e. The van der Waals surface area contributed by atoms with E-state index in [-0.39, 0.29) is 5.56 Å². The molecule has 1 N–H and O–H groups in total. The van der Waals surface area contributed by atoms with Gasteiger partial charge in [0.15, 0.2) is 0 Å². The fraction of sp³-hybridized carbons (Fsp3) is 0.0667. The third-order valence-corrected chi connectivity index (χ3v) is 2.94. The van der Waals surface area contributed by atoms with Crippen LogP contribution in [0.4, 0.5) is 0 Å². The van der Waals surface area contributed by atoms with E-state index >= 15 is 0 Å². The fourth-order valence-electron chi connectivity index (χ4n) is 1.85. The summed E-state index contributed by atoms with van der Waals surface area (Å²) in [5, 5.41) is 16.8. The van der Waals surface area contributed by atoms with Gasteiger partial charge < -0.3 is 9.52 Å². The van der Waals surface area contributed by atoms with Crippen molar-refractivity contribution in [1.29, 1.82) is 0 Å². The number of carbonyl (C=O) groups is 1. The molecule has 0 atom stereocenters. The summed E-state index contributed by atoms with van der Waals surface area (Å²) in [6, 6.07) is 9.98. The van der Waals surface area contributed by atoms with Crippen molar-refractivity contribution in [3.8, 4) is 23.0 Å². The summed E-state index contributed by atoms with van der Waals surface area (Å²) in [5.41, 5.74) is 2.52. The van der Waals surface area contributed by atoms with Gasteiger partial charge in [0, 0.05) is 11.8 Å². The molecule has 0 aliphatic carbocycles. The lowest BCUT2D eigenvalue weighted by Crippen LogP contribution is -1.94. The number of carboxylic acids is 1. The van der Waals surface area contributed by atoms with Crippen molar-refractivity contribution in [2.75, 3.05) is 0 Å². The number of rotatable bonds is 3. The van der Waals surface area contributed by atoms with Crippen molar-refractivity contribution >= 4 is 5.97 Å². The lowest BCUT2D eigenvalue weighted by Gasteiger charge is -1.97. The molecule has 0 radical (unpaired) electrons. The molecule has 0 spiro atoms. The van der Waals surface area contributed by atoms with Gasteiger partial charge in [-0.05, 0) is 48.9 Å². The minimum atomic E-state index is -0.975. The Morgan fingerprint density at radius 2 is 1.81 bits per heavy atom. The predicted octanol–water partition coefficient (Wildman–Crippen LogP) is 2.81. The standard InChI is InChI=1S/C15H11N3O3/c1-9-6-7-16-12(8-9)14-18-17-13(21-14)10-2-4-11(5-3-10)15(19)20/h2-8H,1H3,(H,19,20). The van der Waals surface area contributed by atoms with E-state index in [9.17, 15) is 4.79 Å². The van der Waals surface area contributed by atoms with Gasteiger partial charge in [0.2, 0.25) is 5.89 Å². The van der Waals surface area contributed by atoms with E-state index in [1.54, 1.807) is 18.3 Å². The molecule has 0 aliphatic heterocycles.